The highest BCUT2D eigenvalue weighted by Gasteiger charge is 2.16. The summed E-state index contributed by atoms with van der Waals surface area (Å²) in [4.78, 5) is 15.2. The van der Waals surface area contributed by atoms with Gasteiger partial charge in [-0.25, -0.2) is 4.98 Å². The van der Waals surface area contributed by atoms with Crippen LogP contribution in [0.3, 0.4) is 0 Å². The van der Waals surface area contributed by atoms with E-state index < -0.39 is 0 Å². The summed E-state index contributed by atoms with van der Waals surface area (Å²) in [5, 5.41) is 3.42. The Morgan fingerprint density at radius 1 is 1.53 bits per heavy atom. The van der Waals surface area contributed by atoms with Crippen molar-refractivity contribution in [3.8, 4) is 0 Å². The highest BCUT2D eigenvalue weighted by molar-refractivity contribution is 6.28. The lowest BCUT2D eigenvalue weighted by atomic mass is 10.2. The van der Waals surface area contributed by atoms with Crippen molar-refractivity contribution in [3.63, 3.8) is 0 Å². The number of nitrogens with one attached hydrogen (secondary N) is 2. The van der Waals surface area contributed by atoms with E-state index in [-0.39, 0.29) is 11.4 Å². The quantitative estimate of drug-likeness (QED) is 0.813. The van der Waals surface area contributed by atoms with Gasteiger partial charge in [-0.05, 0) is 24.4 Å². The van der Waals surface area contributed by atoms with Crippen molar-refractivity contribution in [1.82, 2.24) is 19.9 Å². The van der Waals surface area contributed by atoms with E-state index in [9.17, 15) is 0 Å². The average molecular weight is 254 g/mol. The zero-order chi connectivity index (χ0) is 11.7. The van der Waals surface area contributed by atoms with Crippen LogP contribution in [-0.4, -0.2) is 39.2 Å². The minimum absolute atomic E-state index is 0.194. The maximum atomic E-state index is 5.83. The average Bonchev–Trinajstić information content (AvgIpc) is 2.95. The van der Waals surface area contributed by atoms with Gasteiger partial charge in [-0.15, -0.1) is 0 Å². The van der Waals surface area contributed by atoms with E-state index in [2.05, 4.69) is 25.3 Å². The molecule has 1 saturated heterocycles. The van der Waals surface area contributed by atoms with E-state index in [0.29, 0.717) is 11.5 Å². The number of rotatable bonds is 3. The number of fused-ring (bicyclic) bond motifs is 1. The Kier molecular flexibility index (Phi) is 2.82. The largest absolute Gasteiger partial charge is 0.376 e. The van der Waals surface area contributed by atoms with Crippen LogP contribution in [0.1, 0.15) is 12.8 Å². The zero-order valence-corrected chi connectivity index (χ0v) is 9.87. The van der Waals surface area contributed by atoms with Crippen molar-refractivity contribution in [2.45, 2.75) is 18.9 Å². The highest BCUT2D eigenvalue weighted by Crippen LogP contribution is 2.19. The fourth-order valence-corrected chi connectivity index (χ4v) is 2.11. The predicted octanol–water partition coefficient (Wildman–Crippen LogP) is 1.60. The summed E-state index contributed by atoms with van der Waals surface area (Å²) >= 11 is 5.83. The van der Waals surface area contributed by atoms with Gasteiger partial charge in [-0.2, -0.15) is 9.97 Å². The molecule has 1 fully saturated rings. The van der Waals surface area contributed by atoms with Gasteiger partial charge in [-0.1, -0.05) is 0 Å². The van der Waals surface area contributed by atoms with Crippen LogP contribution < -0.4 is 5.32 Å². The number of aromatic amines is 1. The molecular weight excluding hydrogens is 242 g/mol. The van der Waals surface area contributed by atoms with Crippen molar-refractivity contribution in [2.75, 3.05) is 18.5 Å². The van der Waals surface area contributed by atoms with Crippen LogP contribution in [0.15, 0.2) is 6.33 Å². The van der Waals surface area contributed by atoms with E-state index >= 15 is 0 Å². The molecule has 0 bridgehead atoms. The first-order valence-electron chi connectivity index (χ1n) is 5.55. The molecule has 2 N–H and O–H groups in total. The van der Waals surface area contributed by atoms with Gasteiger partial charge in [0, 0.05) is 13.2 Å². The standard InChI is InChI=1S/C10H12ClN5O/c11-10-15-8(7-9(16-10)14-5-13-7)12-4-6-2-1-3-17-6/h5-6H,1-4H2,(H2,12,13,14,15,16). The molecule has 3 rings (SSSR count). The molecule has 1 atom stereocenters. The third kappa shape index (κ3) is 2.18. The van der Waals surface area contributed by atoms with Crippen LogP contribution in [0, 0.1) is 0 Å². The molecule has 3 heterocycles. The van der Waals surface area contributed by atoms with E-state index in [1.54, 1.807) is 6.33 Å². The zero-order valence-electron chi connectivity index (χ0n) is 9.11. The summed E-state index contributed by atoms with van der Waals surface area (Å²) < 4.78 is 5.53. The first-order valence-corrected chi connectivity index (χ1v) is 5.93. The fourth-order valence-electron chi connectivity index (χ4n) is 1.95. The molecule has 1 aliphatic rings. The summed E-state index contributed by atoms with van der Waals surface area (Å²) in [7, 11) is 0. The third-order valence-corrected chi connectivity index (χ3v) is 2.95. The molecular formula is C10H12ClN5O. The van der Waals surface area contributed by atoms with E-state index in [1.807, 2.05) is 0 Å². The lowest BCUT2D eigenvalue weighted by molar-refractivity contribution is 0.120. The summed E-state index contributed by atoms with van der Waals surface area (Å²) in [6.45, 7) is 1.57. The van der Waals surface area contributed by atoms with Crippen LogP contribution in [0.5, 0.6) is 0 Å². The van der Waals surface area contributed by atoms with Crippen LogP contribution >= 0.6 is 11.6 Å². The molecule has 1 unspecified atom stereocenters. The Balaban J connectivity index is 1.81. The molecule has 7 heteroatoms. The van der Waals surface area contributed by atoms with E-state index in [4.69, 9.17) is 16.3 Å². The first-order chi connectivity index (χ1) is 8.33. The molecule has 6 nitrogen and oxygen atoms in total. The maximum absolute atomic E-state index is 5.83. The molecule has 0 amide bonds. The van der Waals surface area contributed by atoms with Gasteiger partial charge in [0.2, 0.25) is 5.28 Å². The lowest BCUT2D eigenvalue weighted by Crippen LogP contribution is -2.19. The van der Waals surface area contributed by atoms with E-state index in [0.717, 1.165) is 31.5 Å². The van der Waals surface area contributed by atoms with Gasteiger partial charge < -0.3 is 15.0 Å². The number of anilines is 1. The Morgan fingerprint density at radius 3 is 3.29 bits per heavy atom. The molecule has 2 aromatic heterocycles. The van der Waals surface area contributed by atoms with Crippen LogP contribution in [-0.2, 0) is 4.74 Å². The van der Waals surface area contributed by atoms with Crippen molar-refractivity contribution < 1.29 is 4.74 Å². The maximum Gasteiger partial charge on any atom is 0.226 e. The van der Waals surface area contributed by atoms with Crippen molar-refractivity contribution in [2.24, 2.45) is 0 Å². The minimum atomic E-state index is 0.194. The number of hydrogen-bond donors (Lipinski definition) is 2. The number of halogens is 1. The molecule has 17 heavy (non-hydrogen) atoms. The monoisotopic (exact) mass is 253 g/mol. The second-order valence-corrected chi connectivity index (χ2v) is 4.30. The van der Waals surface area contributed by atoms with Gasteiger partial charge in [0.15, 0.2) is 11.5 Å². The molecule has 0 aliphatic carbocycles. The van der Waals surface area contributed by atoms with Crippen molar-refractivity contribution in [3.05, 3.63) is 11.6 Å². The SMILES string of the molecule is Clc1nc(NCC2CCCO2)c2[nH]cnc2n1. The lowest BCUT2D eigenvalue weighted by Gasteiger charge is -2.11. The second kappa shape index (κ2) is 4.46. The Bertz CT molecular complexity index is 522. The Morgan fingerprint density at radius 2 is 2.47 bits per heavy atom. The van der Waals surface area contributed by atoms with E-state index in [1.165, 1.54) is 0 Å². The first kappa shape index (κ1) is 10.7. The van der Waals surface area contributed by atoms with Gasteiger partial charge in [0.05, 0.1) is 12.4 Å². The molecule has 90 valence electrons. The van der Waals surface area contributed by atoms with Crippen LogP contribution in [0.4, 0.5) is 5.82 Å². The molecule has 0 aromatic carbocycles. The third-order valence-electron chi connectivity index (χ3n) is 2.78. The van der Waals surface area contributed by atoms with Crippen molar-refractivity contribution in [1.29, 1.82) is 0 Å². The molecule has 0 saturated carbocycles. The van der Waals surface area contributed by atoms with Gasteiger partial charge in [0.25, 0.3) is 0 Å². The normalized spacial score (nSPS) is 19.9. The molecule has 0 radical (unpaired) electrons. The fraction of sp³-hybridized carbons (Fsp3) is 0.500. The molecule has 2 aromatic rings. The smallest absolute Gasteiger partial charge is 0.226 e. The number of imidazole rings is 1. The number of ether oxygens (including phenoxy) is 1. The van der Waals surface area contributed by atoms with Gasteiger partial charge in [-0.3, -0.25) is 0 Å². The topological polar surface area (TPSA) is 75.7 Å². The predicted molar refractivity (Wildman–Crippen MR) is 64.2 cm³/mol. The van der Waals surface area contributed by atoms with Crippen LogP contribution in [0.2, 0.25) is 5.28 Å². The second-order valence-electron chi connectivity index (χ2n) is 3.96. The van der Waals surface area contributed by atoms with Gasteiger partial charge in [0.1, 0.15) is 5.52 Å². The van der Waals surface area contributed by atoms with Crippen LogP contribution in [0.25, 0.3) is 11.2 Å². The summed E-state index contributed by atoms with van der Waals surface area (Å²) in [6.07, 6.45) is 4.03. The molecule has 0 spiro atoms. The summed E-state index contributed by atoms with van der Waals surface area (Å²) in [5.41, 5.74) is 1.34. The van der Waals surface area contributed by atoms with Crippen molar-refractivity contribution >= 4 is 28.6 Å². The Hall–Kier alpha value is -1.40. The number of nitrogens with zero attached hydrogens (tertiary/aromatic N) is 3. The number of hydrogen-bond acceptors (Lipinski definition) is 5. The van der Waals surface area contributed by atoms with Gasteiger partial charge >= 0.3 is 0 Å². The summed E-state index contributed by atoms with van der Waals surface area (Å²) in [6, 6.07) is 0. The highest BCUT2D eigenvalue weighted by atomic mass is 35.5. The minimum Gasteiger partial charge on any atom is -0.376 e. The molecule has 1 aliphatic heterocycles. The number of aromatic nitrogens is 4. The summed E-state index contributed by atoms with van der Waals surface area (Å²) in [5.74, 6) is 0.674. The number of H-pyrrole nitrogens is 1. The Labute approximate surface area is 103 Å².